The molecule has 0 fully saturated rings. The molecule has 4 aromatic rings. The zero-order valence-corrected chi connectivity index (χ0v) is 16.1. The first-order valence-corrected chi connectivity index (χ1v) is 9.74. The van der Waals surface area contributed by atoms with Crippen molar-refractivity contribution in [1.29, 1.82) is 0 Å². The fraction of sp³-hybridized carbons (Fsp3) is 0.143. The van der Waals surface area contributed by atoms with E-state index < -0.39 is 0 Å². The molecule has 1 N–H and O–H groups in total. The Balaban J connectivity index is 2.01. The summed E-state index contributed by atoms with van der Waals surface area (Å²) in [7, 11) is 1.65. The number of thioether (sulfide) groups is 1. The zero-order valence-electron chi connectivity index (χ0n) is 15.3. The molecule has 0 spiro atoms. The second-order valence-corrected chi connectivity index (χ2v) is 7.08. The lowest BCUT2D eigenvalue weighted by Crippen LogP contribution is -2.09. The van der Waals surface area contributed by atoms with Crippen molar-refractivity contribution in [3.63, 3.8) is 0 Å². The topological polar surface area (TPSA) is 59.4 Å². The van der Waals surface area contributed by atoms with Crippen LogP contribution in [-0.4, -0.2) is 27.7 Å². The van der Waals surface area contributed by atoms with E-state index in [0.717, 1.165) is 34.0 Å². The molecule has 2 aromatic carbocycles. The quantitative estimate of drug-likeness (QED) is 0.536. The Hall–Kier alpha value is -2.99. The van der Waals surface area contributed by atoms with Crippen LogP contribution in [0, 0.1) is 6.92 Å². The standard InChI is InChI=1S/C21H19N3O2S/c1-13-12-18(25)22-21-23-19(14-4-8-16(26-2)9-5-14)20(24(13)21)15-6-10-17(27-3)11-7-15/h4-12H,1-3H3,(H,22,23,25). The maximum absolute atomic E-state index is 11.9. The molecule has 0 atom stereocenters. The third-order valence-corrected chi connectivity index (χ3v) is 5.28. The molecule has 27 heavy (non-hydrogen) atoms. The van der Waals surface area contributed by atoms with Gasteiger partial charge in [0, 0.05) is 27.8 Å². The number of aromatic amines is 1. The molecule has 136 valence electrons. The molecule has 5 nitrogen and oxygen atoms in total. The number of aromatic nitrogens is 3. The number of hydrogen-bond donors (Lipinski definition) is 1. The van der Waals surface area contributed by atoms with Gasteiger partial charge >= 0.3 is 0 Å². The summed E-state index contributed by atoms with van der Waals surface area (Å²) in [4.78, 5) is 20.7. The van der Waals surface area contributed by atoms with E-state index in [-0.39, 0.29) is 5.56 Å². The van der Waals surface area contributed by atoms with E-state index in [9.17, 15) is 4.79 Å². The third-order valence-electron chi connectivity index (χ3n) is 4.53. The summed E-state index contributed by atoms with van der Waals surface area (Å²) in [5.41, 5.74) is 4.46. The van der Waals surface area contributed by atoms with Gasteiger partial charge in [-0.3, -0.25) is 14.2 Å². The lowest BCUT2D eigenvalue weighted by atomic mass is 10.0. The zero-order chi connectivity index (χ0) is 19.0. The minimum absolute atomic E-state index is 0.157. The molecule has 0 unspecified atom stereocenters. The third kappa shape index (κ3) is 3.13. The molecule has 0 aliphatic heterocycles. The van der Waals surface area contributed by atoms with Gasteiger partial charge in [-0.15, -0.1) is 11.8 Å². The minimum atomic E-state index is -0.157. The van der Waals surface area contributed by atoms with Crippen molar-refractivity contribution in [2.45, 2.75) is 11.8 Å². The van der Waals surface area contributed by atoms with Gasteiger partial charge in [-0.25, -0.2) is 4.98 Å². The van der Waals surface area contributed by atoms with Gasteiger partial charge in [-0.1, -0.05) is 12.1 Å². The number of nitrogens with zero attached hydrogens (tertiary/aromatic N) is 2. The smallest absolute Gasteiger partial charge is 0.252 e. The molecular weight excluding hydrogens is 358 g/mol. The Morgan fingerprint density at radius 1 is 1.04 bits per heavy atom. The van der Waals surface area contributed by atoms with Gasteiger partial charge in [-0.2, -0.15) is 0 Å². The first-order valence-electron chi connectivity index (χ1n) is 8.52. The van der Waals surface area contributed by atoms with Gasteiger partial charge < -0.3 is 4.74 Å². The Morgan fingerprint density at radius 2 is 1.70 bits per heavy atom. The van der Waals surface area contributed by atoms with Crippen LogP contribution in [0.5, 0.6) is 5.75 Å². The van der Waals surface area contributed by atoms with E-state index in [1.165, 1.54) is 4.90 Å². The first-order chi connectivity index (χ1) is 13.1. The molecule has 0 saturated carbocycles. The molecule has 0 saturated heterocycles. The highest BCUT2D eigenvalue weighted by molar-refractivity contribution is 7.98. The van der Waals surface area contributed by atoms with Crippen LogP contribution in [0.2, 0.25) is 0 Å². The predicted molar refractivity (Wildman–Crippen MR) is 110 cm³/mol. The highest BCUT2D eigenvalue weighted by atomic mass is 32.2. The summed E-state index contributed by atoms with van der Waals surface area (Å²) in [6.07, 6.45) is 2.06. The summed E-state index contributed by atoms with van der Waals surface area (Å²) in [6, 6.07) is 17.7. The highest BCUT2D eigenvalue weighted by Gasteiger charge is 2.18. The molecule has 2 heterocycles. The van der Waals surface area contributed by atoms with Crippen LogP contribution in [0.1, 0.15) is 5.69 Å². The van der Waals surface area contributed by atoms with Crippen molar-refractivity contribution in [2.75, 3.05) is 13.4 Å². The molecule has 0 aliphatic rings. The number of ether oxygens (including phenoxy) is 1. The average molecular weight is 377 g/mol. The molecule has 4 rings (SSSR count). The minimum Gasteiger partial charge on any atom is -0.497 e. The first kappa shape index (κ1) is 17.4. The maximum atomic E-state index is 11.9. The van der Waals surface area contributed by atoms with Crippen LogP contribution in [-0.2, 0) is 0 Å². The monoisotopic (exact) mass is 377 g/mol. The Morgan fingerprint density at radius 3 is 2.33 bits per heavy atom. The summed E-state index contributed by atoms with van der Waals surface area (Å²) in [5.74, 6) is 1.33. The second kappa shape index (κ2) is 6.96. The van der Waals surface area contributed by atoms with Crippen LogP contribution in [0.15, 0.2) is 64.3 Å². The number of benzene rings is 2. The second-order valence-electron chi connectivity index (χ2n) is 6.20. The number of rotatable bonds is 4. The molecule has 0 bridgehead atoms. The van der Waals surface area contributed by atoms with E-state index in [1.54, 1.807) is 24.9 Å². The number of aryl methyl sites for hydroxylation is 1. The number of methoxy groups -OCH3 is 1. The summed E-state index contributed by atoms with van der Waals surface area (Å²) >= 11 is 1.70. The Kier molecular flexibility index (Phi) is 4.49. The normalized spacial score (nSPS) is 11.1. The Labute approximate surface area is 161 Å². The van der Waals surface area contributed by atoms with Gasteiger partial charge in [-0.05, 0) is 49.6 Å². The SMILES string of the molecule is COc1ccc(-c2nc3[nH]c(=O)cc(C)n3c2-c2ccc(SC)cc2)cc1. The van der Waals surface area contributed by atoms with Crippen molar-refractivity contribution < 1.29 is 4.74 Å². The van der Waals surface area contributed by atoms with Gasteiger partial charge in [0.1, 0.15) is 5.75 Å². The van der Waals surface area contributed by atoms with E-state index in [0.29, 0.717) is 5.78 Å². The van der Waals surface area contributed by atoms with Crippen LogP contribution in [0.4, 0.5) is 0 Å². The van der Waals surface area contributed by atoms with Crippen LogP contribution >= 0.6 is 11.8 Å². The summed E-state index contributed by atoms with van der Waals surface area (Å²) < 4.78 is 7.26. The Bertz CT molecular complexity index is 1160. The van der Waals surface area contributed by atoms with Crippen molar-refractivity contribution in [3.05, 3.63) is 70.6 Å². The average Bonchev–Trinajstić information content (AvgIpc) is 3.07. The van der Waals surface area contributed by atoms with Crippen molar-refractivity contribution in [3.8, 4) is 28.3 Å². The number of hydrogen-bond acceptors (Lipinski definition) is 4. The number of imidazole rings is 1. The summed E-state index contributed by atoms with van der Waals surface area (Å²) in [6.45, 7) is 1.92. The summed E-state index contributed by atoms with van der Waals surface area (Å²) in [5, 5.41) is 0. The fourth-order valence-corrected chi connectivity index (χ4v) is 3.62. The predicted octanol–water partition coefficient (Wildman–Crippen LogP) is 4.40. The highest BCUT2D eigenvalue weighted by Crippen LogP contribution is 2.34. The van der Waals surface area contributed by atoms with Crippen molar-refractivity contribution >= 4 is 17.5 Å². The van der Waals surface area contributed by atoms with Gasteiger partial charge in [0.25, 0.3) is 5.56 Å². The van der Waals surface area contributed by atoms with Gasteiger partial charge in [0.05, 0.1) is 18.5 Å². The maximum Gasteiger partial charge on any atom is 0.252 e. The van der Waals surface area contributed by atoms with Crippen molar-refractivity contribution in [1.82, 2.24) is 14.4 Å². The van der Waals surface area contributed by atoms with Crippen molar-refractivity contribution in [2.24, 2.45) is 0 Å². The van der Waals surface area contributed by atoms with E-state index in [2.05, 4.69) is 35.5 Å². The van der Waals surface area contributed by atoms with Crippen LogP contribution < -0.4 is 10.3 Å². The molecule has 0 amide bonds. The number of fused-ring (bicyclic) bond motifs is 1. The van der Waals surface area contributed by atoms with Gasteiger partial charge in [0.2, 0.25) is 5.78 Å². The van der Waals surface area contributed by atoms with Crippen LogP contribution in [0.25, 0.3) is 28.3 Å². The van der Waals surface area contributed by atoms with Crippen LogP contribution in [0.3, 0.4) is 0 Å². The van der Waals surface area contributed by atoms with E-state index >= 15 is 0 Å². The molecule has 0 radical (unpaired) electrons. The fourth-order valence-electron chi connectivity index (χ4n) is 3.21. The number of H-pyrrole nitrogens is 1. The number of nitrogens with one attached hydrogen (secondary N) is 1. The lowest BCUT2D eigenvalue weighted by Gasteiger charge is -2.09. The molecule has 2 aromatic heterocycles. The molecule has 6 heteroatoms. The van der Waals surface area contributed by atoms with E-state index in [1.807, 2.05) is 35.6 Å². The molecule has 0 aliphatic carbocycles. The van der Waals surface area contributed by atoms with E-state index in [4.69, 9.17) is 9.72 Å². The largest absolute Gasteiger partial charge is 0.497 e. The van der Waals surface area contributed by atoms with Gasteiger partial charge in [0.15, 0.2) is 0 Å². The lowest BCUT2D eigenvalue weighted by molar-refractivity contribution is 0.415. The molecular formula is C21H19N3O2S.